The van der Waals surface area contributed by atoms with Gasteiger partial charge in [-0.2, -0.15) is 0 Å². The van der Waals surface area contributed by atoms with Crippen molar-refractivity contribution < 1.29 is 4.74 Å². The van der Waals surface area contributed by atoms with E-state index in [1.165, 1.54) is 0 Å². The van der Waals surface area contributed by atoms with Crippen LogP contribution in [0.4, 0.5) is 11.5 Å². The molecule has 0 saturated carbocycles. The van der Waals surface area contributed by atoms with E-state index < -0.39 is 0 Å². The van der Waals surface area contributed by atoms with Crippen molar-refractivity contribution in [3.8, 4) is 5.75 Å². The maximum absolute atomic E-state index is 5.74. The van der Waals surface area contributed by atoms with Gasteiger partial charge in [0, 0.05) is 23.6 Å². The van der Waals surface area contributed by atoms with Crippen molar-refractivity contribution in [2.75, 3.05) is 24.8 Å². The van der Waals surface area contributed by atoms with E-state index in [9.17, 15) is 0 Å². The maximum Gasteiger partial charge on any atom is 0.131 e. The van der Waals surface area contributed by atoms with Gasteiger partial charge in [-0.15, -0.1) is 0 Å². The van der Waals surface area contributed by atoms with E-state index in [2.05, 4.69) is 31.9 Å². The highest BCUT2D eigenvalue weighted by molar-refractivity contribution is 9.10. The number of ether oxygens (including phenoxy) is 1. The highest BCUT2D eigenvalue weighted by atomic mass is 79.9. The van der Waals surface area contributed by atoms with Crippen LogP contribution in [0.2, 0.25) is 0 Å². The molecule has 0 saturated heterocycles. The van der Waals surface area contributed by atoms with Crippen molar-refractivity contribution in [1.82, 2.24) is 4.98 Å². The molecule has 1 aromatic heterocycles. The summed E-state index contributed by atoms with van der Waals surface area (Å²) in [6.45, 7) is 2.72. The van der Waals surface area contributed by atoms with Crippen LogP contribution in [0.15, 0.2) is 34.9 Å². The summed E-state index contributed by atoms with van der Waals surface area (Å²) in [5.74, 6) is 1.79. The van der Waals surface area contributed by atoms with Gasteiger partial charge in [0.25, 0.3) is 0 Å². The van der Waals surface area contributed by atoms with Crippen LogP contribution in [-0.4, -0.2) is 19.1 Å². The number of benzene rings is 1. The number of nitrogen functional groups attached to an aromatic ring is 1. The minimum absolute atomic E-state index is 0.680. The van der Waals surface area contributed by atoms with Gasteiger partial charge in [-0.05, 0) is 36.8 Å². The molecule has 4 nitrogen and oxygen atoms in total. The van der Waals surface area contributed by atoms with Crippen molar-refractivity contribution in [2.45, 2.75) is 13.5 Å². The molecule has 5 heteroatoms. The summed E-state index contributed by atoms with van der Waals surface area (Å²) in [6, 6.07) is 7.91. The van der Waals surface area contributed by atoms with Crippen LogP contribution in [0, 0.1) is 6.92 Å². The molecule has 0 atom stereocenters. The number of anilines is 2. The molecule has 0 unspecified atom stereocenters. The van der Waals surface area contributed by atoms with Gasteiger partial charge in [0.15, 0.2) is 0 Å². The third-order valence-corrected chi connectivity index (χ3v) is 3.58. The first-order valence-electron chi connectivity index (χ1n) is 6.27. The molecule has 2 rings (SSSR count). The Kier molecular flexibility index (Phi) is 4.49. The number of aromatic nitrogens is 1. The molecule has 0 aliphatic rings. The first-order chi connectivity index (χ1) is 9.51. The summed E-state index contributed by atoms with van der Waals surface area (Å²) in [5, 5.41) is 0. The lowest BCUT2D eigenvalue weighted by molar-refractivity contribution is 0.409. The second kappa shape index (κ2) is 6.13. The largest absolute Gasteiger partial charge is 0.496 e. The van der Waals surface area contributed by atoms with E-state index >= 15 is 0 Å². The molecule has 106 valence electrons. The Morgan fingerprint density at radius 3 is 2.75 bits per heavy atom. The second-order valence-electron chi connectivity index (χ2n) is 4.72. The van der Waals surface area contributed by atoms with Crippen LogP contribution in [0.1, 0.15) is 11.1 Å². The van der Waals surface area contributed by atoms with Crippen LogP contribution in [0.5, 0.6) is 5.75 Å². The van der Waals surface area contributed by atoms with E-state index in [0.717, 1.165) is 27.2 Å². The van der Waals surface area contributed by atoms with Gasteiger partial charge in [0.05, 0.1) is 19.0 Å². The number of hydrogen-bond donors (Lipinski definition) is 1. The molecular formula is C15H18BrN3O. The van der Waals surface area contributed by atoms with Gasteiger partial charge >= 0.3 is 0 Å². The average molecular weight is 336 g/mol. The number of aryl methyl sites for hydroxylation is 1. The van der Waals surface area contributed by atoms with E-state index in [1.54, 1.807) is 13.3 Å². The molecule has 2 N–H and O–H groups in total. The van der Waals surface area contributed by atoms with E-state index in [4.69, 9.17) is 10.5 Å². The Hall–Kier alpha value is -1.75. The van der Waals surface area contributed by atoms with E-state index in [0.29, 0.717) is 12.2 Å². The van der Waals surface area contributed by atoms with Crippen LogP contribution < -0.4 is 15.4 Å². The third-order valence-electron chi connectivity index (χ3n) is 3.08. The van der Waals surface area contributed by atoms with Crippen molar-refractivity contribution in [3.63, 3.8) is 0 Å². The van der Waals surface area contributed by atoms with Crippen molar-refractivity contribution in [3.05, 3.63) is 46.1 Å². The zero-order valence-corrected chi connectivity index (χ0v) is 13.4. The van der Waals surface area contributed by atoms with Gasteiger partial charge < -0.3 is 15.4 Å². The van der Waals surface area contributed by atoms with Crippen LogP contribution in [-0.2, 0) is 6.54 Å². The smallest absolute Gasteiger partial charge is 0.131 e. The number of hydrogen-bond acceptors (Lipinski definition) is 4. The average Bonchev–Trinajstić information content (AvgIpc) is 2.38. The zero-order valence-electron chi connectivity index (χ0n) is 11.9. The van der Waals surface area contributed by atoms with Crippen LogP contribution in [0.3, 0.4) is 0 Å². The number of nitrogens with zero attached hydrogens (tertiary/aromatic N) is 2. The molecule has 2 aromatic rings. The number of nitrogens with two attached hydrogens (primary N) is 1. The minimum Gasteiger partial charge on any atom is -0.496 e. The minimum atomic E-state index is 0.680. The molecule has 0 amide bonds. The number of rotatable bonds is 4. The lowest BCUT2D eigenvalue weighted by atomic mass is 10.1. The van der Waals surface area contributed by atoms with Crippen molar-refractivity contribution in [1.29, 1.82) is 0 Å². The maximum atomic E-state index is 5.74. The number of pyridine rings is 1. The lowest BCUT2D eigenvalue weighted by Crippen LogP contribution is -2.19. The third kappa shape index (κ3) is 3.22. The first-order valence-corrected chi connectivity index (χ1v) is 7.06. The molecule has 0 bridgehead atoms. The summed E-state index contributed by atoms with van der Waals surface area (Å²) >= 11 is 3.49. The summed E-state index contributed by atoms with van der Waals surface area (Å²) in [4.78, 5) is 6.48. The number of halogens is 1. The molecule has 1 aromatic carbocycles. The Balaban J connectivity index is 2.27. The summed E-state index contributed by atoms with van der Waals surface area (Å²) in [5.41, 5.74) is 8.58. The van der Waals surface area contributed by atoms with E-state index in [-0.39, 0.29) is 0 Å². The fourth-order valence-electron chi connectivity index (χ4n) is 2.19. The molecule has 0 spiro atoms. The quantitative estimate of drug-likeness (QED) is 0.930. The standard InChI is InChI=1S/C15H18BrN3O/c1-10-6-13(17)8-18-15(10)19(2)9-11-7-12(16)4-5-14(11)20-3/h4-8H,9,17H2,1-3H3. The van der Waals surface area contributed by atoms with Crippen molar-refractivity contribution >= 4 is 27.4 Å². The topological polar surface area (TPSA) is 51.4 Å². The highest BCUT2D eigenvalue weighted by Crippen LogP contribution is 2.26. The molecular weight excluding hydrogens is 318 g/mol. The summed E-state index contributed by atoms with van der Waals surface area (Å²) in [7, 11) is 3.69. The van der Waals surface area contributed by atoms with Crippen LogP contribution in [0.25, 0.3) is 0 Å². The Morgan fingerprint density at radius 1 is 1.35 bits per heavy atom. The first kappa shape index (κ1) is 14.7. The summed E-state index contributed by atoms with van der Waals surface area (Å²) in [6.07, 6.45) is 1.68. The fourth-order valence-corrected chi connectivity index (χ4v) is 2.60. The molecule has 0 radical (unpaired) electrons. The normalized spacial score (nSPS) is 10.4. The van der Waals surface area contributed by atoms with Gasteiger partial charge in [-0.25, -0.2) is 4.98 Å². The SMILES string of the molecule is COc1ccc(Br)cc1CN(C)c1ncc(N)cc1C. The Morgan fingerprint density at radius 2 is 2.10 bits per heavy atom. The monoisotopic (exact) mass is 335 g/mol. The molecule has 20 heavy (non-hydrogen) atoms. The Labute approximate surface area is 127 Å². The van der Waals surface area contributed by atoms with Gasteiger partial charge in [0.2, 0.25) is 0 Å². The fraction of sp³-hybridized carbons (Fsp3) is 0.267. The second-order valence-corrected chi connectivity index (χ2v) is 5.64. The predicted octanol–water partition coefficient (Wildman–Crippen LogP) is 3.38. The number of methoxy groups -OCH3 is 1. The highest BCUT2D eigenvalue weighted by Gasteiger charge is 2.11. The van der Waals surface area contributed by atoms with Gasteiger partial charge in [-0.1, -0.05) is 15.9 Å². The molecule has 0 fully saturated rings. The zero-order chi connectivity index (χ0) is 14.7. The van der Waals surface area contributed by atoms with Gasteiger partial charge in [-0.3, -0.25) is 0 Å². The van der Waals surface area contributed by atoms with Crippen molar-refractivity contribution in [2.24, 2.45) is 0 Å². The molecule has 0 aliphatic carbocycles. The Bertz CT molecular complexity index is 616. The predicted molar refractivity (Wildman–Crippen MR) is 86.2 cm³/mol. The molecule has 0 aliphatic heterocycles. The summed E-state index contributed by atoms with van der Waals surface area (Å²) < 4.78 is 6.43. The molecule has 1 heterocycles. The lowest BCUT2D eigenvalue weighted by Gasteiger charge is -2.21. The van der Waals surface area contributed by atoms with Crippen LogP contribution >= 0.6 is 15.9 Å². The van der Waals surface area contributed by atoms with Gasteiger partial charge in [0.1, 0.15) is 11.6 Å². The van der Waals surface area contributed by atoms with E-state index in [1.807, 2.05) is 32.2 Å².